The van der Waals surface area contributed by atoms with E-state index in [1.165, 1.54) is 0 Å². The first kappa shape index (κ1) is 14.0. The Morgan fingerprint density at radius 1 is 1.35 bits per heavy atom. The summed E-state index contributed by atoms with van der Waals surface area (Å²) in [6.07, 6.45) is 2.13. The number of carboxylic acid groups (broad SMARTS) is 1. The van der Waals surface area contributed by atoms with Crippen molar-refractivity contribution in [3.63, 3.8) is 0 Å². The van der Waals surface area contributed by atoms with Crippen molar-refractivity contribution >= 4 is 5.97 Å². The fourth-order valence-corrected chi connectivity index (χ4v) is 1.99. The quantitative estimate of drug-likeness (QED) is 0.905. The Morgan fingerprint density at radius 3 is 2.80 bits per heavy atom. The van der Waals surface area contributed by atoms with E-state index in [-0.39, 0.29) is 6.42 Å². The number of aliphatic carboxylic acids is 1. The third-order valence-electron chi connectivity index (χ3n) is 2.96. The molecule has 104 valence electrons. The predicted octanol–water partition coefficient (Wildman–Crippen LogP) is 2.48. The number of carbonyl (C=O) groups is 1. The van der Waals surface area contributed by atoms with Crippen molar-refractivity contribution in [3.8, 4) is 17.0 Å². The zero-order valence-electron chi connectivity index (χ0n) is 11.5. The van der Waals surface area contributed by atoms with Gasteiger partial charge in [0.1, 0.15) is 11.6 Å². The highest BCUT2D eigenvalue weighted by atomic mass is 16.5. The Balaban J connectivity index is 2.48. The molecule has 2 aromatic rings. The highest BCUT2D eigenvalue weighted by molar-refractivity contribution is 5.71. The number of hydrogen-bond donors (Lipinski definition) is 1. The highest BCUT2D eigenvalue weighted by Gasteiger charge is 2.13. The minimum Gasteiger partial charge on any atom is -0.496 e. The van der Waals surface area contributed by atoms with Crippen molar-refractivity contribution < 1.29 is 14.6 Å². The number of para-hydroxylation sites is 1. The molecule has 0 aliphatic heterocycles. The Kier molecular flexibility index (Phi) is 4.30. The number of methoxy groups -OCH3 is 1. The number of carboxylic acids is 1. The number of hydrogen-bond acceptors (Lipinski definition) is 4. The number of ether oxygens (including phenoxy) is 1. The maximum atomic E-state index is 10.7. The largest absolute Gasteiger partial charge is 0.496 e. The number of benzene rings is 1. The molecule has 0 atom stereocenters. The molecule has 0 saturated heterocycles. The molecule has 0 unspecified atom stereocenters. The third-order valence-corrected chi connectivity index (χ3v) is 2.96. The second-order valence-corrected chi connectivity index (χ2v) is 4.39. The Morgan fingerprint density at radius 2 is 2.10 bits per heavy atom. The molecule has 0 aliphatic rings. The Bertz CT molecular complexity index is 626. The standard InChI is InChI=1S/C15H16N2O3/c1-10-16-9-11(7-8-14(18)19)15(17-10)12-5-3-4-6-13(12)20-2/h3-6,9H,7-8H2,1-2H3,(H,18,19). The molecule has 20 heavy (non-hydrogen) atoms. The summed E-state index contributed by atoms with van der Waals surface area (Å²) < 4.78 is 5.34. The summed E-state index contributed by atoms with van der Waals surface area (Å²) in [5.74, 6) is 0.517. The summed E-state index contributed by atoms with van der Waals surface area (Å²) in [7, 11) is 1.60. The van der Waals surface area contributed by atoms with E-state index in [0.29, 0.717) is 18.0 Å². The molecular formula is C15H16N2O3. The Labute approximate surface area is 117 Å². The maximum Gasteiger partial charge on any atom is 0.303 e. The van der Waals surface area contributed by atoms with Crippen molar-refractivity contribution in [1.29, 1.82) is 0 Å². The second-order valence-electron chi connectivity index (χ2n) is 4.39. The molecule has 5 nitrogen and oxygen atoms in total. The van der Waals surface area contributed by atoms with Gasteiger partial charge in [-0.15, -0.1) is 0 Å². The van der Waals surface area contributed by atoms with Gasteiger partial charge >= 0.3 is 5.97 Å². The molecule has 1 heterocycles. The van der Waals surface area contributed by atoms with Gasteiger partial charge in [0, 0.05) is 18.2 Å². The van der Waals surface area contributed by atoms with Crippen molar-refractivity contribution in [2.75, 3.05) is 7.11 Å². The lowest BCUT2D eigenvalue weighted by molar-refractivity contribution is -0.136. The monoisotopic (exact) mass is 272 g/mol. The van der Waals surface area contributed by atoms with Gasteiger partial charge in [-0.1, -0.05) is 12.1 Å². The van der Waals surface area contributed by atoms with Crippen molar-refractivity contribution in [1.82, 2.24) is 9.97 Å². The van der Waals surface area contributed by atoms with E-state index in [0.717, 1.165) is 16.8 Å². The normalized spacial score (nSPS) is 10.3. The Hall–Kier alpha value is -2.43. The summed E-state index contributed by atoms with van der Waals surface area (Å²) in [6.45, 7) is 1.81. The van der Waals surface area contributed by atoms with Crippen LogP contribution in [-0.2, 0) is 11.2 Å². The average Bonchev–Trinajstić information content (AvgIpc) is 2.45. The number of aromatic nitrogens is 2. The molecule has 0 bridgehead atoms. The molecule has 0 radical (unpaired) electrons. The summed E-state index contributed by atoms with van der Waals surface area (Å²) >= 11 is 0. The lowest BCUT2D eigenvalue weighted by Gasteiger charge is -2.12. The minimum atomic E-state index is -0.837. The van der Waals surface area contributed by atoms with Crippen LogP contribution in [0.5, 0.6) is 5.75 Å². The topological polar surface area (TPSA) is 72.3 Å². The summed E-state index contributed by atoms with van der Waals surface area (Å²) in [4.78, 5) is 19.3. The van der Waals surface area contributed by atoms with Crippen molar-refractivity contribution in [2.24, 2.45) is 0 Å². The van der Waals surface area contributed by atoms with Crippen LogP contribution in [0.3, 0.4) is 0 Å². The van der Waals surface area contributed by atoms with Crippen LogP contribution in [0.15, 0.2) is 30.5 Å². The fraction of sp³-hybridized carbons (Fsp3) is 0.267. The lowest BCUT2D eigenvalue weighted by atomic mass is 10.0. The number of rotatable bonds is 5. The zero-order valence-corrected chi connectivity index (χ0v) is 11.5. The van der Waals surface area contributed by atoms with Crippen molar-refractivity contribution in [2.45, 2.75) is 19.8 Å². The zero-order chi connectivity index (χ0) is 14.5. The van der Waals surface area contributed by atoms with Crippen LogP contribution in [0.2, 0.25) is 0 Å². The molecule has 0 spiro atoms. The van der Waals surface area contributed by atoms with Gasteiger partial charge in [-0.3, -0.25) is 4.79 Å². The second kappa shape index (κ2) is 6.14. The van der Waals surface area contributed by atoms with Crippen LogP contribution in [0.1, 0.15) is 17.8 Å². The molecule has 0 aliphatic carbocycles. The van der Waals surface area contributed by atoms with Gasteiger partial charge in [0.25, 0.3) is 0 Å². The van der Waals surface area contributed by atoms with Gasteiger partial charge < -0.3 is 9.84 Å². The minimum absolute atomic E-state index is 0.0502. The molecule has 1 aromatic heterocycles. The molecule has 1 N–H and O–H groups in total. The van der Waals surface area contributed by atoms with E-state index in [2.05, 4.69) is 9.97 Å². The van der Waals surface area contributed by atoms with Gasteiger partial charge in [0.15, 0.2) is 0 Å². The van der Waals surface area contributed by atoms with E-state index in [4.69, 9.17) is 9.84 Å². The van der Waals surface area contributed by atoms with E-state index in [1.54, 1.807) is 20.2 Å². The van der Waals surface area contributed by atoms with Gasteiger partial charge in [0.2, 0.25) is 0 Å². The SMILES string of the molecule is COc1ccccc1-c1nc(C)ncc1CCC(=O)O. The molecule has 5 heteroatoms. The van der Waals surface area contributed by atoms with Crippen molar-refractivity contribution in [3.05, 3.63) is 41.9 Å². The van der Waals surface area contributed by atoms with E-state index >= 15 is 0 Å². The molecule has 2 rings (SSSR count). The van der Waals surface area contributed by atoms with Gasteiger partial charge in [-0.25, -0.2) is 9.97 Å². The van der Waals surface area contributed by atoms with Gasteiger partial charge in [0.05, 0.1) is 12.8 Å². The smallest absolute Gasteiger partial charge is 0.303 e. The van der Waals surface area contributed by atoms with Crippen LogP contribution >= 0.6 is 0 Å². The summed E-state index contributed by atoms with van der Waals surface area (Å²) in [6, 6.07) is 7.54. The molecular weight excluding hydrogens is 256 g/mol. The summed E-state index contributed by atoms with van der Waals surface area (Å²) in [5.41, 5.74) is 2.39. The van der Waals surface area contributed by atoms with Crippen LogP contribution in [0.4, 0.5) is 0 Å². The molecule has 1 aromatic carbocycles. The summed E-state index contributed by atoms with van der Waals surface area (Å²) in [5, 5.41) is 8.83. The van der Waals surface area contributed by atoms with Crippen LogP contribution < -0.4 is 4.74 Å². The third kappa shape index (κ3) is 3.12. The fourth-order valence-electron chi connectivity index (χ4n) is 1.99. The van der Waals surface area contributed by atoms with E-state index in [1.807, 2.05) is 24.3 Å². The predicted molar refractivity (Wildman–Crippen MR) is 74.7 cm³/mol. The number of aryl methyl sites for hydroxylation is 2. The van der Waals surface area contributed by atoms with Gasteiger partial charge in [-0.2, -0.15) is 0 Å². The maximum absolute atomic E-state index is 10.7. The first-order chi connectivity index (χ1) is 9.61. The molecule has 0 amide bonds. The van der Waals surface area contributed by atoms with Gasteiger partial charge in [-0.05, 0) is 31.0 Å². The van der Waals surface area contributed by atoms with E-state index in [9.17, 15) is 4.79 Å². The molecule has 0 saturated carbocycles. The first-order valence-electron chi connectivity index (χ1n) is 6.29. The van der Waals surface area contributed by atoms with Crippen LogP contribution in [0.25, 0.3) is 11.3 Å². The molecule has 0 fully saturated rings. The lowest BCUT2D eigenvalue weighted by Crippen LogP contribution is -2.03. The van der Waals surface area contributed by atoms with Crippen LogP contribution in [0, 0.1) is 6.92 Å². The van der Waals surface area contributed by atoms with Crippen LogP contribution in [-0.4, -0.2) is 28.2 Å². The highest BCUT2D eigenvalue weighted by Crippen LogP contribution is 2.30. The average molecular weight is 272 g/mol. The first-order valence-corrected chi connectivity index (χ1v) is 6.29. The van der Waals surface area contributed by atoms with E-state index < -0.39 is 5.97 Å². The number of nitrogens with zero attached hydrogens (tertiary/aromatic N) is 2.